The van der Waals surface area contributed by atoms with Crippen molar-refractivity contribution in [3.05, 3.63) is 22.4 Å². The molecule has 1 aromatic rings. The lowest BCUT2D eigenvalue weighted by Crippen LogP contribution is -2.37. The van der Waals surface area contributed by atoms with Crippen molar-refractivity contribution in [2.45, 2.75) is 23.8 Å². The molecule has 1 saturated heterocycles. The molecule has 18 heavy (non-hydrogen) atoms. The van der Waals surface area contributed by atoms with Crippen LogP contribution in [0, 0.1) is 0 Å². The number of thioether (sulfide) groups is 1. The summed E-state index contributed by atoms with van der Waals surface area (Å²) >= 11 is 13.3. The van der Waals surface area contributed by atoms with Gasteiger partial charge in [0.1, 0.15) is 10.0 Å². The second-order valence-electron chi connectivity index (χ2n) is 3.95. The Kier molecular flexibility index (Phi) is 4.77. The second kappa shape index (κ2) is 5.96. The van der Waals surface area contributed by atoms with Crippen molar-refractivity contribution in [1.82, 2.24) is 9.71 Å². The van der Waals surface area contributed by atoms with Crippen LogP contribution in [0.5, 0.6) is 0 Å². The molecule has 0 aromatic carbocycles. The molecular weight excluding hydrogens is 315 g/mol. The maximum Gasteiger partial charge on any atom is 0.242 e. The SMILES string of the molecule is O=S(=O)(NC1CCSCC1)c1cnc(Cl)c(Cl)c1. The molecule has 0 bridgehead atoms. The van der Waals surface area contributed by atoms with Crippen molar-refractivity contribution in [3.8, 4) is 0 Å². The minimum absolute atomic E-state index is 0.00861. The largest absolute Gasteiger partial charge is 0.242 e. The second-order valence-corrected chi connectivity index (χ2v) is 7.66. The van der Waals surface area contributed by atoms with E-state index in [4.69, 9.17) is 23.2 Å². The highest BCUT2D eigenvalue weighted by Gasteiger charge is 2.22. The Bertz CT molecular complexity index is 531. The van der Waals surface area contributed by atoms with Crippen LogP contribution in [0.25, 0.3) is 0 Å². The number of nitrogens with zero attached hydrogens (tertiary/aromatic N) is 1. The Hall–Kier alpha value is -0.0100. The standard InChI is InChI=1S/C10H12Cl2N2O2S2/c11-9-5-8(6-13-10(9)12)18(15,16)14-7-1-3-17-4-2-7/h5-7,14H,1-4H2. The zero-order valence-electron chi connectivity index (χ0n) is 9.40. The monoisotopic (exact) mass is 326 g/mol. The maximum absolute atomic E-state index is 12.1. The Balaban J connectivity index is 2.16. The molecular formula is C10H12Cl2N2O2S2. The number of nitrogens with one attached hydrogen (secondary N) is 1. The molecule has 0 atom stereocenters. The van der Waals surface area contributed by atoms with Crippen LogP contribution in [0.1, 0.15) is 12.8 Å². The maximum atomic E-state index is 12.1. The smallest absolute Gasteiger partial charge is 0.242 e. The van der Waals surface area contributed by atoms with Crippen molar-refractivity contribution in [2.24, 2.45) is 0 Å². The van der Waals surface area contributed by atoms with Gasteiger partial charge in [-0.05, 0) is 30.4 Å². The van der Waals surface area contributed by atoms with Gasteiger partial charge in [0.15, 0.2) is 0 Å². The molecule has 8 heteroatoms. The van der Waals surface area contributed by atoms with Gasteiger partial charge in [-0.1, -0.05) is 23.2 Å². The van der Waals surface area contributed by atoms with Gasteiger partial charge in [0.05, 0.1) is 5.02 Å². The van der Waals surface area contributed by atoms with Gasteiger partial charge in [-0.25, -0.2) is 18.1 Å². The lowest BCUT2D eigenvalue weighted by Gasteiger charge is -2.22. The van der Waals surface area contributed by atoms with Crippen LogP contribution in [-0.2, 0) is 10.0 Å². The van der Waals surface area contributed by atoms with E-state index < -0.39 is 10.0 Å². The third-order valence-electron chi connectivity index (χ3n) is 2.62. The lowest BCUT2D eigenvalue weighted by molar-refractivity contribution is 0.528. The van der Waals surface area contributed by atoms with Gasteiger partial charge in [0.2, 0.25) is 10.0 Å². The number of hydrogen-bond acceptors (Lipinski definition) is 4. The van der Waals surface area contributed by atoms with Crippen molar-refractivity contribution in [2.75, 3.05) is 11.5 Å². The van der Waals surface area contributed by atoms with Gasteiger partial charge in [-0.2, -0.15) is 11.8 Å². The van der Waals surface area contributed by atoms with Crippen LogP contribution < -0.4 is 4.72 Å². The first-order valence-corrected chi connectivity index (χ1v) is 8.79. The molecule has 1 aliphatic heterocycles. The third-order valence-corrected chi connectivity index (χ3v) is 5.85. The molecule has 1 aliphatic rings. The Morgan fingerprint density at radius 2 is 2.00 bits per heavy atom. The molecule has 0 amide bonds. The van der Waals surface area contributed by atoms with Crippen LogP contribution >= 0.6 is 35.0 Å². The number of hydrogen-bond donors (Lipinski definition) is 1. The third kappa shape index (κ3) is 3.51. The fourth-order valence-electron chi connectivity index (χ4n) is 1.65. The predicted molar refractivity (Wildman–Crippen MR) is 74.9 cm³/mol. The normalized spacial score (nSPS) is 17.9. The highest BCUT2D eigenvalue weighted by molar-refractivity contribution is 7.99. The van der Waals surface area contributed by atoms with Crippen molar-refractivity contribution in [1.29, 1.82) is 0 Å². The number of sulfonamides is 1. The topological polar surface area (TPSA) is 59.1 Å². The molecule has 1 aromatic heterocycles. The van der Waals surface area contributed by atoms with Crippen molar-refractivity contribution >= 4 is 45.0 Å². The van der Waals surface area contributed by atoms with Crippen molar-refractivity contribution in [3.63, 3.8) is 0 Å². The van der Waals surface area contributed by atoms with E-state index in [0.29, 0.717) is 0 Å². The molecule has 4 nitrogen and oxygen atoms in total. The van der Waals surface area contributed by atoms with Gasteiger partial charge in [0.25, 0.3) is 0 Å². The van der Waals surface area contributed by atoms with Crippen LogP contribution in [0.15, 0.2) is 17.2 Å². The minimum Gasteiger partial charge on any atom is -0.242 e. The van der Waals surface area contributed by atoms with E-state index in [-0.39, 0.29) is 21.1 Å². The number of pyridine rings is 1. The van der Waals surface area contributed by atoms with Crippen molar-refractivity contribution < 1.29 is 8.42 Å². The number of aromatic nitrogens is 1. The summed E-state index contributed by atoms with van der Waals surface area (Å²) < 4.78 is 26.9. The van der Waals surface area contributed by atoms with Gasteiger partial charge in [-0.15, -0.1) is 0 Å². The van der Waals surface area contributed by atoms with E-state index in [0.717, 1.165) is 24.3 Å². The quantitative estimate of drug-likeness (QED) is 0.867. The van der Waals surface area contributed by atoms with E-state index in [1.54, 1.807) is 0 Å². The average molecular weight is 327 g/mol. The summed E-state index contributed by atoms with van der Waals surface area (Å²) in [4.78, 5) is 3.80. The van der Waals surface area contributed by atoms with Gasteiger partial charge in [0, 0.05) is 12.2 Å². The first kappa shape index (κ1) is 14.4. The summed E-state index contributed by atoms with van der Waals surface area (Å²) in [7, 11) is -3.56. The lowest BCUT2D eigenvalue weighted by atomic mass is 10.2. The van der Waals surface area contributed by atoms with Gasteiger partial charge in [-0.3, -0.25) is 0 Å². The first-order chi connectivity index (χ1) is 8.49. The summed E-state index contributed by atoms with van der Waals surface area (Å²) in [5.74, 6) is 1.96. The van der Waals surface area contributed by atoms with Crippen LogP contribution in [0.3, 0.4) is 0 Å². The zero-order chi connectivity index (χ0) is 13.2. The summed E-state index contributed by atoms with van der Waals surface area (Å²) in [6, 6.07) is 1.31. The molecule has 0 aliphatic carbocycles. The Morgan fingerprint density at radius 3 is 2.61 bits per heavy atom. The highest BCUT2D eigenvalue weighted by Crippen LogP contribution is 2.23. The molecule has 0 spiro atoms. The summed E-state index contributed by atoms with van der Waals surface area (Å²) in [5, 5.41) is 0.239. The molecule has 1 fully saturated rings. The predicted octanol–water partition coefficient (Wildman–Crippen LogP) is 2.56. The van der Waals surface area contributed by atoms with E-state index in [1.807, 2.05) is 11.8 Å². The fourth-order valence-corrected chi connectivity index (χ4v) is 4.37. The summed E-state index contributed by atoms with van der Waals surface area (Å²) in [6.07, 6.45) is 2.91. The molecule has 100 valence electrons. The van der Waals surface area contributed by atoms with E-state index in [1.165, 1.54) is 12.3 Å². The van der Waals surface area contributed by atoms with E-state index in [2.05, 4.69) is 9.71 Å². The van der Waals surface area contributed by atoms with E-state index >= 15 is 0 Å². The highest BCUT2D eigenvalue weighted by atomic mass is 35.5. The summed E-state index contributed by atoms with van der Waals surface area (Å²) in [5.41, 5.74) is 0. The molecule has 2 rings (SSSR count). The molecule has 0 unspecified atom stereocenters. The zero-order valence-corrected chi connectivity index (χ0v) is 12.5. The minimum atomic E-state index is -3.56. The number of halogens is 2. The Morgan fingerprint density at radius 1 is 1.33 bits per heavy atom. The molecule has 1 N–H and O–H groups in total. The summed E-state index contributed by atoms with van der Waals surface area (Å²) in [6.45, 7) is 0. The van der Waals surface area contributed by atoms with Crippen LogP contribution in [0.4, 0.5) is 0 Å². The number of rotatable bonds is 3. The van der Waals surface area contributed by atoms with Gasteiger partial charge < -0.3 is 0 Å². The fraction of sp³-hybridized carbons (Fsp3) is 0.500. The molecule has 0 saturated carbocycles. The Labute approximate surface area is 121 Å². The van der Waals surface area contributed by atoms with Gasteiger partial charge >= 0.3 is 0 Å². The average Bonchev–Trinajstić information content (AvgIpc) is 2.33. The van der Waals surface area contributed by atoms with E-state index in [9.17, 15) is 8.42 Å². The molecule has 0 radical (unpaired) electrons. The van der Waals surface area contributed by atoms with Crippen LogP contribution in [0.2, 0.25) is 10.2 Å². The first-order valence-electron chi connectivity index (χ1n) is 5.40. The molecule has 2 heterocycles. The van der Waals surface area contributed by atoms with Crippen LogP contribution in [-0.4, -0.2) is 30.9 Å².